The van der Waals surface area contributed by atoms with Crippen molar-refractivity contribution < 1.29 is 15.3 Å². The molecule has 1 aromatic rings. The maximum absolute atomic E-state index is 10.8. The number of aliphatic hydroxyl groups excluding tert-OH is 2. The maximum Gasteiger partial charge on any atom is 0.115 e. The van der Waals surface area contributed by atoms with E-state index in [0.717, 1.165) is 25.7 Å². The van der Waals surface area contributed by atoms with E-state index in [9.17, 15) is 15.3 Å². The number of benzene rings is 1. The summed E-state index contributed by atoms with van der Waals surface area (Å²) in [6.07, 6.45) is 4.04. The summed E-state index contributed by atoms with van der Waals surface area (Å²) < 4.78 is 0. The molecule has 3 N–H and O–H groups in total. The number of phenols is 1. The lowest BCUT2D eigenvalue weighted by atomic mass is 9.54. The highest BCUT2D eigenvalue weighted by atomic mass is 16.3. The van der Waals surface area contributed by atoms with Crippen LogP contribution in [0.2, 0.25) is 0 Å². The molecule has 4 rings (SSSR count). The Hall–Kier alpha value is -1.06. The van der Waals surface area contributed by atoms with Gasteiger partial charge in [-0.05, 0) is 72.6 Å². The van der Waals surface area contributed by atoms with Gasteiger partial charge in [-0.15, -0.1) is 0 Å². The summed E-state index contributed by atoms with van der Waals surface area (Å²) in [5, 5.41) is 30.8. The lowest BCUT2D eigenvalue weighted by Crippen LogP contribution is -2.50. The van der Waals surface area contributed by atoms with E-state index in [1.807, 2.05) is 12.1 Å². The molecule has 6 atom stereocenters. The standard InChI is InChI=1S/C18H24O3/c1-18-9-15(20)17-12-5-3-11(19)8-10(12)2-4-13(17)14(18)6-7-16(18)21/h3,5,8,13-17,19-21H,2,4,6-7,9H2,1H3/t13-,14-,15-,16-,17+,18-/m0/s1. The summed E-state index contributed by atoms with van der Waals surface area (Å²) in [5.74, 6) is 1.48. The van der Waals surface area contributed by atoms with Crippen LogP contribution in [0.25, 0.3) is 0 Å². The Morgan fingerprint density at radius 3 is 2.76 bits per heavy atom. The number of phenolic OH excluding ortho intramolecular Hbond substituents is 1. The van der Waals surface area contributed by atoms with E-state index in [1.165, 1.54) is 11.1 Å². The minimum atomic E-state index is -0.382. The average molecular weight is 288 g/mol. The van der Waals surface area contributed by atoms with Gasteiger partial charge in [0, 0.05) is 5.92 Å². The van der Waals surface area contributed by atoms with Gasteiger partial charge in [0.05, 0.1) is 12.2 Å². The number of aryl methyl sites for hydroxylation is 1. The van der Waals surface area contributed by atoms with Crippen LogP contribution in [0, 0.1) is 17.3 Å². The molecule has 0 aliphatic heterocycles. The van der Waals surface area contributed by atoms with Gasteiger partial charge in [0.25, 0.3) is 0 Å². The van der Waals surface area contributed by atoms with Crippen molar-refractivity contribution in [3.63, 3.8) is 0 Å². The number of aromatic hydroxyl groups is 1. The van der Waals surface area contributed by atoms with Crippen molar-refractivity contribution in [2.24, 2.45) is 17.3 Å². The topological polar surface area (TPSA) is 60.7 Å². The molecular formula is C18H24O3. The highest BCUT2D eigenvalue weighted by molar-refractivity contribution is 5.40. The molecule has 0 unspecified atom stereocenters. The maximum atomic E-state index is 10.8. The quantitative estimate of drug-likeness (QED) is 0.687. The Labute approximate surface area is 125 Å². The third-order valence-electron chi connectivity index (χ3n) is 6.63. The highest BCUT2D eigenvalue weighted by Gasteiger charge is 2.57. The zero-order valence-corrected chi connectivity index (χ0v) is 12.5. The molecule has 21 heavy (non-hydrogen) atoms. The fourth-order valence-corrected chi connectivity index (χ4v) is 5.62. The Morgan fingerprint density at radius 2 is 1.95 bits per heavy atom. The van der Waals surface area contributed by atoms with Crippen LogP contribution in [0.5, 0.6) is 5.75 Å². The second-order valence-corrected chi connectivity index (χ2v) is 7.59. The van der Waals surface area contributed by atoms with E-state index in [2.05, 4.69) is 6.92 Å². The molecule has 3 aliphatic carbocycles. The average Bonchev–Trinajstić information content (AvgIpc) is 2.74. The molecule has 3 nitrogen and oxygen atoms in total. The van der Waals surface area contributed by atoms with Crippen molar-refractivity contribution >= 4 is 0 Å². The van der Waals surface area contributed by atoms with Crippen molar-refractivity contribution in [3.05, 3.63) is 29.3 Å². The van der Waals surface area contributed by atoms with Crippen LogP contribution in [-0.2, 0) is 6.42 Å². The van der Waals surface area contributed by atoms with Gasteiger partial charge in [-0.3, -0.25) is 0 Å². The summed E-state index contributed by atoms with van der Waals surface area (Å²) in [6, 6.07) is 5.60. The van der Waals surface area contributed by atoms with Gasteiger partial charge in [-0.1, -0.05) is 13.0 Å². The zero-order valence-electron chi connectivity index (χ0n) is 12.5. The molecule has 0 amide bonds. The summed E-state index contributed by atoms with van der Waals surface area (Å²) in [7, 11) is 0. The summed E-state index contributed by atoms with van der Waals surface area (Å²) in [4.78, 5) is 0. The first kappa shape index (κ1) is 13.6. The SMILES string of the molecule is C[C@]12C[C@H](O)[C@@H]3c4ccc(O)cc4CC[C@H]3[C@@H]1CC[C@@H]2O. The molecule has 3 aliphatic rings. The molecule has 0 bridgehead atoms. The fourth-order valence-electron chi connectivity index (χ4n) is 5.62. The zero-order chi connectivity index (χ0) is 14.8. The Morgan fingerprint density at radius 1 is 1.14 bits per heavy atom. The largest absolute Gasteiger partial charge is 0.508 e. The number of aliphatic hydroxyl groups is 2. The second-order valence-electron chi connectivity index (χ2n) is 7.59. The van der Waals surface area contributed by atoms with Crippen molar-refractivity contribution in [1.29, 1.82) is 0 Å². The molecular weight excluding hydrogens is 264 g/mol. The first-order valence-electron chi connectivity index (χ1n) is 8.18. The molecule has 0 spiro atoms. The van der Waals surface area contributed by atoms with E-state index in [1.54, 1.807) is 6.07 Å². The van der Waals surface area contributed by atoms with Crippen LogP contribution in [0.3, 0.4) is 0 Å². The molecule has 0 aromatic heterocycles. The number of hydrogen-bond acceptors (Lipinski definition) is 3. The summed E-state index contributed by atoms with van der Waals surface area (Å²) in [5.41, 5.74) is 2.30. The van der Waals surface area contributed by atoms with Crippen molar-refractivity contribution in [3.8, 4) is 5.75 Å². The van der Waals surface area contributed by atoms with E-state index in [0.29, 0.717) is 24.0 Å². The van der Waals surface area contributed by atoms with Crippen molar-refractivity contribution in [2.45, 2.75) is 57.2 Å². The monoisotopic (exact) mass is 288 g/mol. The first-order chi connectivity index (χ1) is 10.0. The smallest absolute Gasteiger partial charge is 0.115 e. The van der Waals surface area contributed by atoms with E-state index >= 15 is 0 Å². The first-order valence-corrected chi connectivity index (χ1v) is 8.18. The molecule has 0 radical (unpaired) electrons. The molecule has 2 fully saturated rings. The van der Waals surface area contributed by atoms with E-state index < -0.39 is 0 Å². The van der Waals surface area contributed by atoms with Crippen LogP contribution in [0.15, 0.2) is 18.2 Å². The molecule has 114 valence electrons. The van der Waals surface area contributed by atoms with Gasteiger partial charge in [0.1, 0.15) is 5.75 Å². The minimum absolute atomic E-state index is 0.116. The second kappa shape index (κ2) is 4.47. The van der Waals surface area contributed by atoms with Crippen LogP contribution >= 0.6 is 0 Å². The molecule has 1 aromatic carbocycles. The Bertz CT molecular complexity index is 570. The third kappa shape index (κ3) is 1.80. The van der Waals surface area contributed by atoms with Crippen LogP contribution in [0.4, 0.5) is 0 Å². The van der Waals surface area contributed by atoms with Gasteiger partial charge >= 0.3 is 0 Å². The number of fused-ring (bicyclic) bond motifs is 5. The van der Waals surface area contributed by atoms with Crippen LogP contribution in [-0.4, -0.2) is 27.5 Å². The van der Waals surface area contributed by atoms with Gasteiger partial charge in [0.15, 0.2) is 0 Å². The summed E-state index contributed by atoms with van der Waals surface area (Å²) in [6.45, 7) is 2.17. The van der Waals surface area contributed by atoms with Gasteiger partial charge < -0.3 is 15.3 Å². The van der Waals surface area contributed by atoms with E-state index in [4.69, 9.17) is 0 Å². The lowest BCUT2D eigenvalue weighted by molar-refractivity contribution is -0.0798. The normalized spacial score (nSPS) is 44.8. The Kier molecular flexibility index (Phi) is 2.89. The third-order valence-corrected chi connectivity index (χ3v) is 6.63. The van der Waals surface area contributed by atoms with E-state index in [-0.39, 0.29) is 23.5 Å². The molecule has 3 heteroatoms. The lowest BCUT2D eigenvalue weighted by Gasteiger charge is -2.52. The van der Waals surface area contributed by atoms with Crippen LogP contribution < -0.4 is 0 Å². The minimum Gasteiger partial charge on any atom is -0.508 e. The fraction of sp³-hybridized carbons (Fsp3) is 0.667. The number of hydrogen-bond donors (Lipinski definition) is 3. The predicted molar refractivity (Wildman–Crippen MR) is 80.1 cm³/mol. The van der Waals surface area contributed by atoms with Gasteiger partial charge in [-0.2, -0.15) is 0 Å². The van der Waals surface area contributed by atoms with Crippen LogP contribution in [0.1, 0.15) is 49.7 Å². The van der Waals surface area contributed by atoms with Gasteiger partial charge in [0.2, 0.25) is 0 Å². The highest BCUT2D eigenvalue weighted by Crippen LogP contribution is 2.60. The molecule has 0 saturated heterocycles. The predicted octanol–water partition coefficient (Wildman–Crippen LogP) is 2.58. The summed E-state index contributed by atoms with van der Waals surface area (Å²) >= 11 is 0. The molecule has 2 saturated carbocycles. The Balaban J connectivity index is 1.76. The van der Waals surface area contributed by atoms with Gasteiger partial charge in [-0.25, -0.2) is 0 Å². The van der Waals surface area contributed by atoms with Crippen molar-refractivity contribution in [2.75, 3.05) is 0 Å². The number of rotatable bonds is 0. The molecule has 0 heterocycles. The van der Waals surface area contributed by atoms with Crippen molar-refractivity contribution in [1.82, 2.24) is 0 Å².